The van der Waals surface area contributed by atoms with Crippen molar-refractivity contribution in [2.75, 3.05) is 0 Å². The van der Waals surface area contributed by atoms with Gasteiger partial charge in [0.15, 0.2) is 0 Å². The molecule has 116 valence electrons. The van der Waals surface area contributed by atoms with Gasteiger partial charge in [-0.2, -0.15) is 0 Å². The molecule has 0 atom stereocenters. The van der Waals surface area contributed by atoms with Crippen LogP contribution in [-0.4, -0.2) is 5.97 Å². The zero-order valence-electron chi connectivity index (χ0n) is 11.2. The molecule has 0 unspecified atom stereocenters. The van der Waals surface area contributed by atoms with Gasteiger partial charge in [-0.05, 0) is 12.5 Å². The van der Waals surface area contributed by atoms with E-state index < -0.39 is 5.97 Å². The highest BCUT2D eigenvalue weighted by Gasteiger charge is 2.25. The number of carbonyl (C=O) groups is 1. The summed E-state index contributed by atoms with van der Waals surface area (Å²) in [6.45, 7) is 2.04. The molecule has 0 aliphatic carbocycles. The maximum absolute atomic E-state index is 12.2. The van der Waals surface area contributed by atoms with Crippen LogP contribution in [0.4, 0.5) is 0 Å². The Kier molecular flexibility index (Phi) is 5.87. The van der Waals surface area contributed by atoms with Crippen LogP contribution in [-0.2, 0) is 11.3 Å². The van der Waals surface area contributed by atoms with Crippen molar-refractivity contribution in [3.8, 4) is 0 Å². The van der Waals surface area contributed by atoms with Crippen LogP contribution in [0, 0.1) is 6.92 Å². The van der Waals surface area contributed by atoms with Gasteiger partial charge in [0.2, 0.25) is 0 Å². The Balaban J connectivity index is 2.25. The molecule has 2 aromatic carbocycles. The zero-order chi connectivity index (χ0) is 16.4. The van der Waals surface area contributed by atoms with Crippen molar-refractivity contribution < 1.29 is 9.53 Å². The van der Waals surface area contributed by atoms with E-state index >= 15 is 0 Å². The lowest BCUT2D eigenvalue weighted by Crippen LogP contribution is -2.08. The summed E-state index contributed by atoms with van der Waals surface area (Å²) < 4.78 is 5.20. The molecule has 22 heavy (non-hydrogen) atoms. The third-order valence-corrected chi connectivity index (χ3v) is 5.18. The summed E-state index contributed by atoms with van der Waals surface area (Å²) >= 11 is 29.7. The minimum Gasteiger partial charge on any atom is -0.457 e. The molecule has 0 saturated carbocycles. The lowest BCUT2D eigenvalue weighted by molar-refractivity contribution is 0.0473. The summed E-state index contributed by atoms with van der Waals surface area (Å²) in [7, 11) is 0. The van der Waals surface area contributed by atoms with Gasteiger partial charge in [-0.1, -0.05) is 87.8 Å². The van der Waals surface area contributed by atoms with Gasteiger partial charge in [0.25, 0.3) is 0 Å². The lowest BCUT2D eigenvalue weighted by Gasteiger charge is -2.12. The third-order valence-electron chi connectivity index (χ3n) is 2.90. The van der Waals surface area contributed by atoms with Gasteiger partial charge in [-0.15, -0.1) is 0 Å². The highest BCUT2D eigenvalue weighted by molar-refractivity contribution is 6.56. The van der Waals surface area contributed by atoms with E-state index in [1.54, 1.807) is 0 Å². The summed E-state index contributed by atoms with van der Waals surface area (Å²) in [5.74, 6) is -0.726. The van der Waals surface area contributed by atoms with E-state index in [4.69, 9.17) is 62.7 Å². The maximum atomic E-state index is 12.2. The average Bonchev–Trinajstić information content (AvgIpc) is 2.50. The van der Waals surface area contributed by atoms with E-state index in [9.17, 15) is 4.79 Å². The molecule has 0 bridgehead atoms. The number of carbonyl (C=O) groups excluding carboxylic acids is 1. The van der Waals surface area contributed by atoms with Crippen LogP contribution in [0.5, 0.6) is 0 Å². The van der Waals surface area contributed by atoms with E-state index in [0.29, 0.717) is 0 Å². The molecule has 2 aromatic rings. The van der Waals surface area contributed by atoms with Gasteiger partial charge in [-0.25, -0.2) is 4.79 Å². The van der Waals surface area contributed by atoms with Crippen LogP contribution in [0.2, 0.25) is 25.1 Å². The van der Waals surface area contributed by atoms with Crippen LogP contribution in [0.1, 0.15) is 21.5 Å². The van der Waals surface area contributed by atoms with E-state index in [-0.39, 0.29) is 37.3 Å². The Bertz CT molecular complexity index is 697. The monoisotopic (exact) mass is 396 g/mol. The van der Waals surface area contributed by atoms with Crippen molar-refractivity contribution in [1.29, 1.82) is 0 Å². The summed E-state index contributed by atoms with van der Waals surface area (Å²) in [5.41, 5.74) is 1.84. The molecule has 0 aliphatic heterocycles. The van der Waals surface area contributed by atoms with Gasteiger partial charge < -0.3 is 4.74 Å². The first-order valence-corrected chi connectivity index (χ1v) is 7.96. The Morgan fingerprint density at radius 2 is 1.32 bits per heavy atom. The third kappa shape index (κ3) is 3.64. The molecule has 2 rings (SSSR count). The van der Waals surface area contributed by atoms with Gasteiger partial charge in [-0.3, -0.25) is 0 Å². The Hall–Kier alpha value is -0.640. The normalized spacial score (nSPS) is 10.6. The summed E-state index contributed by atoms with van der Waals surface area (Å²) in [6.07, 6.45) is 0. The zero-order valence-corrected chi connectivity index (χ0v) is 15.0. The predicted octanol–water partition coefficient (Wildman–Crippen LogP) is 6.62. The van der Waals surface area contributed by atoms with Gasteiger partial charge in [0.1, 0.15) is 6.61 Å². The molecule has 0 aliphatic rings. The minimum absolute atomic E-state index is 0.00609. The van der Waals surface area contributed by atoms with Crippen molar-refractivity contribution in [3.63, 3.8) is 0 Å². The van der Waals surface area contributed by atoms with Crippen molar-refractivity contribution in [1.82, 2.24) is 0 Å². The smallest absolute Gasteiger partial charge is 0.341 e. The lowest BCUT2D eigenvalue weighted by atomic mass is 10.2. The molecule has 0 saturated heterocycles. The molecule has 0 aromatic heterocycles. The highest BCUT2D eigenvalue weighted by Crippen LogP contribution is 2.44. The number of esters is 1. The summed E-state index contributed by atoms with van der Waals surface area (Å²) in [6, 6.07) is 7.54. The average molecular weight is 399 g/mol. The highest BCUT2D eigenvalue weighted by atomic mass is 35.5. The quantitative estimate of drug-likeness (QED) is 0.330. The van der Waals surface area contributed by atoms with Gasteiger partial charge in [0.05, 0.1) is 30.7 Å². The standard InChI is InChI=1S/C15H9Cl5O2/c1-7-2-4-8(5-3-7)6-22-15(21)9-10(16)12(18)14(20)13(19)11(9)17/h2-5H,6H2,1H3. The van der Waals surface area contributed by atoms with Crippen molar-refractivity contribution in [3.05, 3.63) is 66.1 Å². The molecule has 0 spiro atoms. The second-order valence-electron chi connectivity index (χ2n) is 4.51. The first-order chi connectivity index (χ1) is 10.3. The van der Waals surface area contributed by atoms with E-state index in [1.807, 2.05) is 31.2 Å². The number of benzene rings is 2. The Labute approximate surface area is 152 Å². The van der Waals surface area contributed by atoms with Crippen LogP contribution in [0.25, 0.3) is 0 Å². The number of halogens is 5. The number of rotatable bonds is 3. The number of hydrogen-bond acceptors (Lipinski definition) is 2. The maximum Gasteiger partial charge on any atom is 0.341 e. The fraction of sp³-hybridized carbons (Fsp3) is 0.133. The Morgan fingerprint density at radius 3 is 1.82 bits per heavy atom. The van der Waals surface area contributed by atoms with E-state index in [2.05, 4.69) is 0 Å². The van der Waals surface area contributed by atoms with Crippen molar-refractivity contribution in [2.24, 2.45) is 0 Å². The molecule has 0 amide bonds. The number of aryl methyl sites for hydroxylation is 1. The molecular formula is C15H9Cl5O2. The number of hydrogen-bond donors (Lipinski definition) is 0. The van der Waals surface area contributed by atoms with Crippen molar-refractivity contribution >= 4 is 64.0 Å². The molecule has 7 heteroatoms. The van der Waals surface area contributed by atoms with Crippen molar-refractivity contribution in [2.45, 2.75) is 13.5 Å². The van der Waals surface area contributed by atoms with Crippen LogP contribution >= 0.6 is 58.0 Å². The van der Waals surface area contributed by atoms with Crippen LogP contribution in [0.3, 0.4) is 0 Å². The molecule has 0 radical (unpaired) electrons. The van der Waals surface area contributed by atoms with E-state index in [0.717, 1.165) is 11.1 Å². The van der Waals surface area contributed by atoms with Gasteiger partial charge >= 0.3 is 5.97 Å². The SMILES string of the molecule is Cc1ccc(COC(=O)c2c(Cl)c(Cl)c(Cl)c(Cl)c2Cl)cc1. The second kappa shape index (κ2) is 7.29. The van der Waals surface area contributed by atoms with E-state index in [1.165, 1.54) is 0 Å². The van der Waals surface area contributed by atoms with Gasteiger partial charge in [0, 0.05) is 0 Å². The fourth-order valence-corrected chi connectivity index (χ4v) is 2.98. The fourth-order valence-electron chi connectivity index (χ4n) is 1.69. The minimum atomic E-state index is -0.726. The summed E-state index contributed by atoms with van der Waals surface area (Å²) in [5, 5.41) is -0.265. The molecular weight excluding hydrogens is 389 g/mol. The molecule has 2 nitrogen and oxygen atoms in total. The summed E-state index contributed by atoms with van der Waals surface area (Å²) in [4.78, 5) is 12.2. The topological polar surface area (TPSA) is 26.3 Å². The number of ether oxygens (including phenoxy) is 1. The largest absolute Gasteiger partial charge is 0.457 e. The van der Waals surface area contributed by atoms with Crippen LogP contribution in [0.15, 0.2) is 24.3 Å². The molecule has 0 heterocycles. The molecule has 0 N–H and O–H groups in total. The predicted molar refractivity (Wildman–Crippen MR) is 91.8 cm³/mol. The Morgan fingerprint density at radius 1 is 0.864 bits per heavy atom. The first kappa shape index (κ1) is 17.7. The molecule has 0 fully saturated rings. The first-order valence-electron chi connectivity index (χ1n) is 6.07. The second-order valence-corrected chi connectivity index (χ2v) is 6.40. The van der Waals surface area contributed by atoms with Crippen LogP contribution < -0.4 is 0 Å².